The number of nitrogens with zero attached hydrogens (tertiary/aromatic N) is 3. The SMILES string of the molecule is O=C1C[C@@H](Cc2ccc(-c3nnco3)cc2)CN1c1ccccc1. The second-order valence-corrected chi connectivity index (χ2v) is 6.05. The van der Waals surface area contributed by atoms with E-state index in [0.29, 0.717) is 18.2 Å². The minimum absolute atomic E-state index is 0.202. The highest BCUT2D eigenvalue weighted by Crippen LogP contribution is 2.27. The first-order chi connectivity index (χ1) is 11.8. The van der Waals surface area contributed by atoms with Gasteiger partial charge in [-0.2, -0.15) is 0 Å². The standard InChI is InChI=1S/C19H17N3O2/c23-18-11-15(12-22(18)17-4-2-1-3-5-17)10-14-6-8-16(9-7-14)19-21-20-13-24-19/h1-9,13,15H,10-12H2/t15-/m1/s1. The van der Waals surface area contributed by atoms with Crippen LogP contribution in [0.2, 0.25) is 0 Å². The van der Waals surface area contributed by atoms with Crippen LogP contribution in [0.5, 0.6) is 0 Å². The molecule has 4 rings (SSSR count). The van der Waals surface area contributed by atoms with Crippen LogP contribution in [-0.2, 0) is 11.2 Å². The molecule has 0 aliphatic carbocycles. The Kier molecular flexibility index (Phi) is 3.83. The fourth-order valence-electron chi connectivity index (χ4n) is 3.19. The summed E-state index contributed by atoms with van der Waals surface area (Å²) in [5.74, 6) is 1.06. The van der Waals surface area contributed by atoms with Gasteiger partial charge in [-0.3, -0.25) is 4.79 Å². The van der Waals surface area contributed by atoms with Crippen molar-refractivity contribution >= 4 is 11.6 Å². The highest BCUT2D eigenvalue weighted by molar-refractivity contribution is 5.95. The number of rotatable bonds is 4. The Balaban J connectivity index is 1.44. The van der Waals surface area contributed by atoms with Gasteiger partial charge in [-0.1, -0.05) is 30.3 Å². The predicted octanol–water partition coefficient (Wildman–Crippen LogP) is 3.33. The van der Waals surface area contributed by atoms with Crippen LogP contribution in [0.4, 0.5) is 5.69 Å². The Morgan fingerprint density at radius 2 is 1.88 bits per heavy atom. The summed E-state index contributed by atoms with van der Waals surface area (Å²) in [6, 6.07) is 18.0. The van der Waals surface area contributed by atoms with Gasteiger partial charge in [-0.15, -0.1) is 10.2 Å². The summed E-state index contributed by atoms with van der Waals surface area (Å²) in [5.41, 5.74) is 3.10. The van der Waals surface area contributed by atoms with Crippen LogP contribution < -0.4 is 4.90 Å². The van der Waals surface area contributed by atoms with Gasteiger partial charge >= 0.3 is 0 Å². The number of amides is 1. The van der Waals surface area contributed by atoms with Crippen LogP contribution in [0.3, 0.4) is 0 Å². The normalized spacial score (nSPS) is 17.4. The van der Waals surface area contributed by atoms with E-state index in [-0.39, 0.29) is 5.91 Å². The van der Waals surface area contributed by atoms with Crippen molar-refractivity contribution in [1.29, 1.82) is 0 Å². The Morgan fingerprint density at radius 3 is 2.58 bits per heavy atom. The quantitative estimate of drug-likeness (QED) is 0.740. The molecule has 0 bridgehead atoms. The van der Waals surface area contributed by atoms with E-state index in [4.69, 9.17) is 4.42 Å². The summed E-state index contributed by atoms with van der Waals surface area (Å²) in [7, 11) is 0. The lowest BCUT2D eigenvalue weighted by Gasteiger charge is -2.16. The van der Waals surface area contributed by atoms with E-state index in [1.807, 2.05) is 47.4 Å². The summed E-state index contributed by atoms with van der Waals surface area (Å²) >= 11 is 0. The van der Waals surface area contributed by atoms with Crippen LogP contribution >= 0.6 is 0 Å². The predicted molar refractivity (Wildman–Crippen MR) is 90.3 cm³/mol. The van der Waals surface area contributed by atoms with Crippen molar-refractivity contribution < 1.29 is 9.21 Å². The molecule has 1 atom stereocenters. The molecule has 2 aromatic carbocycles. The first-order valence-electron chi connectivity index (χ1n) is 8.00. The zero-order chi connectivity index (χ0) is 16.4. The van der Waals surface area contributed by atoms with Gasteiger partial charge in [0.25, 0.3) is 0 Å². The molecular formula is C19H17N3O2. The molecule has 0 radical (unpaired) electrons. The first kappa shape index (κ1) is 14.6. The smallest absolute Gasteiger partial charge is 0.247 e. The van der Waals surface area contributed by atoms with Gasteiger partial charge in [0.2, 0.25) is 18.2 Å². The summed E-state index contributed by atoms with van der Waals surface area (Å²) in [4.78, 5) is 14.2. The molecule has 1 amide bonds. The average molecular weight is 319 g/mol. The van der Waals surface area contributed by atoms with Gasteiger partial charge in [0.05, 0.1) is 0 Å². The maximum atomic E-state index is 12.3. The lowest BCUT2D eigenvalue weighted by atomic mass is 9.98. The van der Waals surface area contributed by atoms with Gasteiger partial charge in [-0.05, 0) is 42.2 Å². The topological polar surface area (TPSA) is 59.2 Å². The second kappa shape index (κ2) is 6.28. The number of benzene rings is 2. The monoisotopic (exact) mass is 319 g/mol. The summed E-state index contributed by atoms with van der Waals surface area (Å²) < 4.78 is 5.20. The van der Waals surface area contributed by atoms with E-state index in [1.165, 1.54) is 12.0 Å². The van der Waals surface area contributed by atoms with Crippen molar-refractivity contribution in [3.8, 4) is 11.5 Å². The van der Waals surface area contributed by atoms with Gasteiger partial charge in [0.1, 0.15) is 0 Å². The molecule has 2 heterocycles. The van der Waals surface area contributed by atoms with E-state index >= 15 is 0 Å². The summed E-state index contributed by atoms with van der Waals surface area (Å²) in [5, 5.41) is 7.59. The molecule has 3 aromatic rings. The molecule has 0 unspecified atom stereocenters. The van der Waals surface area contributed by atoms with E-state index in [1.54, 1.807) is 0 Å². The second-order valence-electron chi connectivity index (χ2n) is 6.05. The van der Waals surface area contributed by atoms with E-state index in [0.717, 1.165) is 24.2 Å². The number of hydrogen-bond donors (Lipinski definition) is 0. The van der Waals surface area contributed by atoms with Crippen LogP contribution in [0.25, 0.3) is 11.5 Å². The van der Waals surface area contributed by atoms with Gasteiger partial charge in [0, 0.05) is 24.2 Å². The summed E-state index contributed by atoms with van der Waals surface area (Å²) in [6.45, 7) is 0.772. The molecule has 1 saturated heterocycles. The van der Waals surface area contributed by atoms with Crippen molar-refractivity contribution in [1.82, 2.24) is 10.2 Å². The summed E-state index contributed by atoms with van der Waals surface area (Å²) in [6.07, 6.45) is 2.81. The molecule has 5 heteroatoms. The molecule has 1 aromatic heterocycles. The third-order valence-electron chi connectivity index (χ3n) is 4.36. The Hall–Kier alpha value is -2.95. The van der Waals surface area contributed by atoms with Crippen molar-refractivity contribution in [3.05, 3.63) is 66.6 Å². The first-order valence-corrected chi connectivity index (χ1v) is 8.00. The van der Waals surface area contributed by atoms with Crippen LogP contribution in [0.15, 0.2) is 65.4 Å². The van der Waals surface area contributed by atoms with E-state index < -0.39 is 0 Å². The van der Waals surface area contributed by atoms with Gasteiger partial charge in [0.15, 0.2) is 0 Å². The van der Waals surface area contributed by atoms with Crippen LogP contribution in [-0.4, -0.2) is 22.6 Å². The van der Waals surface area contributed by atoms with Crippen molar-refractivity contribution in [2.45, 2.75) is 12.8 Å². The molecule has 0 saturated carbocycles. The maximum absolute atomic E-state index is 12.3. The number of aromatic nitrogens is 2. The molecule has 24 heavy (non-hydrogen) atoms. The number of anilines is 1. The Morgan fingerprint density at radius 1 is 1.08 bits per heavy atom. The molecule has 1 aliphatic heterocycles. The number of carbonyl (C=O) groups is 1. The lowest BCUT2D eigenvalue weighted by Crippen LogP contribution is -2.24. The lowest BCUT2D eigenvalue weighted by molar-refractivity contribution is -0.117. The molecule has 120 valence electrons. The minimum atomic E-state index is 0.202. The number of para-hydroxylation sites is 1. The van der Waals surface area contributed by atoms with E-state index in [2.05, 4.69) is 22.3 Å². The van der Waals surface area contributed by atoms with Gasteiger partial charge in [-0.25, -0.2) is 0 Å². The Labute approximate surface area is 139 Å². The van der Waals surface area contributed by atoms with Crippen LogP contribution in [0, 0.1) is 5.92 Å². The van der Waals surface area contributed by atoms with Crippen molar-refractivity contribution in [2.24, 2.45) is 5.92 Å². The molecule has 1 fully saturated rings. The highest BCUT2D eigenvalue weighted by Gasteiger charge is 2.30. The van der Waals surface area contributed by atoms with Crippen molar-refractivity contribution in [3.63, 3.8) is 0 Å². The molecule has 0 N–H and O–H groups in total. The minimum Gasteiger partial charge on any atom is -0.423 e. The number of hydrogen-bond acceptors (Lipinski definition) is 4. The number of carbonyl (C=O) groups excluding carboxylic acids is 1. The average Bonchev–Trinajstić information content (AvgIpc) is 3.26. The zero-order valence-corrected chi connectivity index (χ0v) is 13.1. The van der Waals surface area contributed by atoms with Crippen LogP contribution in [0.1, 0.15) is 12.0 Å². The fourth-order valence-corrected chi connectivity index (χ4v) is 3.19. The highest BCUT2D eigenvalue weighted by atomic mass is 16.4. The third kappa shape index (κ3) is 2.93. The molecular weight excluding hydrogens is 302 g/mol. The molecule has 1 aliphatic rings. The largest absolute Gasteiger partial charge is 0.423 e. The molecule has 5 nitrogen and oxygen atoms in total. The maximum Gasteiger partial charge on any atom is 0.247 e. The third-order valence-corrected chi connectivity index (χ3v) is 4.36. The van der Waals surface area contributed by atoms with Gasteiger partial charge < -0.3 is 9.32 Å². The Bertz CT molecular complexity index is 814. The molecule has 0 spiro atoms. The fraction of sp³-hybridized carbons (Fsp3) is 0.211. The van der Waals surface area contributed by atoms with Crippen molar-refractivity contribution in [2.75, 3.05) is 11.4 Å². The zero-order valence-electron chi connectivity index (χ0n) is 13.1. The van der Waals surface area contributed by atoms with E-state index in [9.17, 15) is 4.79 Å².